The Morgan fingerprint density at radius 3 is 2.52 bits per heavy atom. The van der Waals surface area contributed by atoms with Gasteiger partial charge in [-0.3, -0.25) is 0 Å². The van der Waals surface area contributed by atoms with E-state index in [2.05, 4.69) is 24.4 Å². The van der Waals surface area contributed by atoms with Crippen molar-refractivity contribution in [3.05, 3.63) is 94.0 Å². The molecule has 0 amide bonds. The van der Waals surface area contributed by atoms with Gasteiger partial charge >= 0.3 is 5.97 Å². The minimum Gasteiger partial charge on any atom is -0.489 e. The molecule has 2 N–H and O–H groups in total. The van der Waals surface area contributed by atoms with Gasteiger partial charge in [0.05, 0.1) is 10.6 Å². The van der Waals surface area contributed by atoms with E-state index in [1.165, 1.54) is 17.2 Å². The quantitative estimate of drug-likeness (QED) is 0.564. The van der Waals surface area contributed by atoms with E-state index in [0.29, 0.717) is 18.8 Å². The Labute approximate surface area is 163 Å². The standard InChI is InChI=1S/C22H20ClNO3/c1-15-4-2-3-5-17(15)14-27-19-9-6-16(7-10-19)13-24-18-8-11-21(23)20(12-18)22(25)26/h2-12,24H,13-14H2,1H3,(H,25,26). The number of anilines is 1. The molecule has 0 spiro atoms. The number of carboxylic acid groups (broad SMARTS) is 1. The number of carboxylic acids is 1. The number of hydrogen-bond acceptors (Lipinski definition) is 3. The van der Waals surface area contributed by atoms with Crippen LogP contribution in [0.5, 0.6) is 5.75 Å². The molecule has 0 atom stereocenters. The highest BCUT2D eigenvalue weighted by atomic mass is 35.5. The monoisotopic (exact) mass is 381 g/mol. The predicted molar refractivity (Wildman–Crippen MR) is 108 cm³/mol. The molecular weight excluding hydrogens is 362 g/mol. The predicted octanol–water partition coefficient (Wildman–Crippen LogP) is 5.54. The number of benzene rings is 3. The Kier molecular flexibility index (Phi) is 5.99. The Morgan fingerprint density at radius 1 is 1.07 bits per heavy atom. The van der Waals surface area contributed by atoms with Gasteiger partial charge in [0, 0.05) is 12.2 Å². The summed E-state index contributed by atoms with van der Waals surface area (Å²) in [5, 5.41) is 12.6. The number of aryl methyl sites for hydroxylation is 1. The number of nitrogens with one attached hydrogen (secondary N) is 1. The molecule has 0 fully saturated rings. The van der Waals surface area contributed by atoms with Gasteiger partial charge in [-0.2, -0.15) is 0 Å². The summed E-state index contributed by atoms with van der Waals surface area (Å²) in [4.78, 5) is 11.1. The van der Waals surface area contributed by atoms with E-state index >= 15 is 0 Å². The van der Waals surface area contributed by atoms with Gasteiger partial charge in [-0.1, -0.05) is 48.0 Å². The number of ether oxygens (including phenoxy) is 1. The molecule has 0 aliphatic heterocycles. The second kappa shape index (κ2) is 8.60. The van der Waals surface area contributed by atoms with E-state index in [9.17, 15) is 4.79 Å². The van der Waals surface area contributed by atoms with Gasteiger partial charge in [0.25, 0.3) is 0 Å². The van der Waals surface area contributed by atoms with E-state index in [0.717, 1.165) is 11.3 Å². The van der Waals surface area contributed by atoms with Gasteiger partial charge in [0.2, 0.25) is 0 Å². The third kappa shape index (κ3) is 5.02. The molecule has 5 heteroatoms. The van der Waals surface area contributed by atoms with Crippen molar-refractivity contribution in [2.75, 3.05) is 5.32 Å². The number of carbonyl (C=O) groups is 1. The normalized spacial score (nSPS) is 10.4. The zero-order valence-electron chi connectivity index (χ0n) is 14.9. The smallest absolute Gasteiger partial charge is 0.337 e. The first-order valence-corrected chi connectivity index (χ1v) is 8.93. The Balaban J connectivity index is 1.57. The van der Waals surface area contributed by atoms with Crippen LogP contribution in [0.2, 0.25) is 5.02 Å². The van der Waals surface area contributed by atoms with Crippen LogP contribution in [0.1, 0.15) is 27.0 Å². The molecule has 3 rings (SSSR count). The molecule has 0 heterocycles. The van der Waals surface area contributed by atoms with Crippen molar-refractivity contribution in [1.29, 1.82) is 0 Å². The van der Waals surface area contributed by atoms with Gasteiger partial charge in [0.15, 0.2) is 0 Å². The topological polar surface area (TPSA) is 58.6 Å². The maximum absolute atomic E-state index is 11.1. The van der Waals surface area contributed by atoms with Gasteiger partial charge in [-0.15, -0.1) is 0 Å². The molecule has 3 aromatic carbocycles. The maximum Gasteiger partial charge on any atom is 0.337 e. The molecule has 27 heavy (non-hydrogen) atoms. The van der Waals surface area contributed by atoms with Crippen LogP contribution in [0.4, 0.5) is 5.69 Å². The van der Waals surface area contributed by atoms with Crippen molar-refractivity contribution in [2.24, 2.45) is 0 Å². The molecule has 0 aliphatic carbocycles. The Bertz CT molecular complexity index is 939. The van der Waals surface area contributed by atoms with E-state index in [-0.39, 0.29) is 10.6 Å². The number of hydrogen-bond donors (Lipinski definition) is 2. The molecule has 0 unspecified atom stereocenters. The van der Waals surface area contributed by atoms with Crippen molar-refractivity contribution in [3.8, 4) is 5.75 Å². The van der Waals surface area contributed by atoms with E-state index in [1.54, 1.807) is 12.1 Å². The lowest BCUT2D eigenvalue weighted by atomic mass is 10.1. The highest BCUT2D eigenvalue weighted by molar-refractivity contribution is 6.33. The largest absolute Gasteiger partial charge is 0.489 e. The van der Waals surface area contributed by atoms with Crippen LogP contribution >= 0.6 is 11.6 Å². The lowest BCUT2D eigenvalue weighted by molar-refractivity contribution is 0.0697. The number of halogens is 1. The molecule has 3 aromatic rings. The second-order valence-electron chi connectivity index (χ2n) is 6.21. The van der Waals surface area contributed by atoms with Crippen molar-refractivity contribution >= 4 is 23.3 Å². The molecule has 0 aromatic heterocycles. The summed E-state index contributed by atoms with van der Waals surface area (Å²) in [5.74, 6) is -0.236. The summed E-state index contributed by atoms with van der Waals surface area (Å²) in [5.41, 5.74) is 4.23. The fourth-order valence-corrected chi connectivity index (χ4v) is 2.84. The first kappa shape index (κ1) is 18.8. The van der Waals surface area contributed by atoms with Crippen molar-refractivity contribution in [2.45, 2.75) is 20.1 Å². The summed E-state index contributed by atoms with van der Waals surface area (Å²) in [6, 6.07) is 20.8. The van der Waals surface area contributed by atoms with Crippen LogP contribution in [0.3, 0.4) is 0 Å². The van der Waals surface area contributed by atoms with Crippen LogP contribution in [0.25, 0.3) is 0 Å². The highest BCUT2D eigenvalue weighted by Crippen LogP contribution is 2.22. The zero-order chi connectivity index (χ0) is 19.2. The Hall–Kier alpha value is -2.98. The first-order valence-electron chi connectivity index (χ1n) is 8.56. The Morgan fingerprint density at radius 2 is 1.81 bits per heavy atom. The molecular formula is C22H20ClNO3. The number of aromatic carboxylic acids is 1. The lowest BCUT2D eigenvalue weighted by Crippen LogP contribution is -2.03. The summed E-state index contributed by atoms with van der Waals surface area (Å²) >= 11 is 5.89. The first-order chi connectivity index (χ1) is 13.0. The van der Waals surface area contributed by atoms with Crippen LogP contribution in [-0.4, -0.2) is 11.1 Å². The maximum atomic E-state index is 11.1. The summed E-state index contributed by atoms with van der Waals surface area (Å²) < 4.78 is 5.85. The summed E-state index contributed by atoms with van der Waals surface area (Å²) in [7, 11) is 0. The minimum atomic E-state index is -1.04. The fourth-order valence-electron chi connectivity index (χ4n) is 2.64. The molecule has 0 aliphatic rings. The van der Waals surface area contributed by atoms with Gasteiger partial charge in [-0.05, 0) is 53.9 Å². The van der Waals surface area contributed by atoms with Crippen LogP contribution in [-0.2, 0) is 13.2 Å². The number of rotatable bonds is 7. The zero-order valence-corrected chi connectivity index (χ0v) is 15.7. The molecule has 0 bridgehead atoms. The molecule has 4 nitrogen and oxygen atoms in total. The van der Waals surface area contributed by atoms with Crippen LogP contribution in [0.15, 0.2) is 66.7 Å². The second-order valence-corrected chi connectivity index (χ2v) is 6.62. The SMILES string of the molecule is Cc1ccccc1COc1ccc(CNc2ccc(Cl)c(C(=O)O)c2)cc1. The van der Waals surface area contributed by atoms with Crippen molar-refractivity contribution in [3.63, 3.8) is 0 Å². The molecule has 138 valence electrons. The van der Waals surface area contributed by atoms with Crippen LogP contribution in [0, 0.1) is 6.92 Å². The van der Waals surface area contributed by atoms with E-state index in [1.807, 2.05) is 36.4 Å². The molecule has 0 radical (unpaired) electrons. The third-order valence-electron chi connectivity index (χ3n) is 4.27. The van der Waals surface area contributed by atoms with E-state index < -0.39 is 5.97 Å². The molecule has 0 saturated heterocycles. The third-order valence-corrected chi connectivity index (χ3v) is 4.60. The van der Waals surface area contributed by atoms with Crippen LogP contribution < -0.4 is 10.1 Å². The molecule has 0 saturated carbocycles. The van der Waals surface area contributed by atoms with Gasteiger partial charge < -0.3 is 15.2 Å². The van der Waals surface area contributed by atoms with E-state index in [4.69, 9.17) is 21.4 Å². The van der Waals surface area contributed by atoms with Crippen molar-refractivity contribution < 1.29 is 14.6 Å². The van der Waals surface area contributed by atoms with Gasteiger partial charge in [0.1, 0.15) is 12.4 Å². The fraction of sp³-hybridized carbons (Fsp3) is 0.136. The summed E-state index contributed by atoms with van der Waals surface area (Å²) in [6.45, 7) is 3.17. The average molecular weight is 382 g/mol. The lowest BCUT2D eigenvalue weighted by Gasteiger charge is -2.11. The summed E-state index contributed by atoms with van der Waals surface area (Å²) in [6.07, 6.45) is 0. The van der Waals surface area contributed by atoms with Crippen molar-refractivity contribution in [1.82, 2.24) is 0 Å². The minimum absolute atomic E-state index is 0.0848. The average Bonchev–Trinajstić information content (AvgIpc) is 2.67. The van der Waals surface area contributed by atoms with Gasteiger partial charge in [-0.25, -0.2) is 4.79 Å². The highest BCUT2D eigenvalue weighted by Gasteiger charge is 2.09.